The Kier molecular flexibility index (Phi) is 6.49. The SMILES string of the molecule is CC(C)c1cccc(C(C)C)c1N1C=CN(C)C1(C)c1ccccc1C[C@H]1c2ccccc2N2c3nccnc3N(C)C12. The largest absolute Gasteiger partial charge is 0.353 e. The first-order chi connectivity index (χ1) is 20.7. The molecule has 0 N–H and O–H groups in total. The lowest BCUT2D eigenvalue weighted by atomic mass is 9.84. The first kappa shape index (κ1) is 27.5. The standard InChI is InChI=1S/C37H42N6/c1-24(2)27-15-12-16-28(25(3)4)33(27)42-22-21-40(6)37(42,5)31-17-10-8-13-26(31)23-30-29-14-9-11-18-32(29)43-35-34(38-19-20-39-35)41(7)36(30)43/h8-22,24-25,30,36H,23H2,1-7H3/t30-,36?,37?/m0/s1. The van der Waals surface area contributed by atoms with Crippen LogP contribution in [0.2, 0.25) is 0 Å². The summed E-state index contributed by atoms with van der Waals surface area (Å²) in [5, 5.41) is 0. The molecule has 0 aliphatic carbocycles. The van der Waals surface area contributed by atoms with Crippen molar-refractivity contribution in [2.75, 3.05) is 28.8 Å². The number of para-hydroxylation sites is 2. The molecule has 220 valence electrons. The molecular weight excluding hydrogens is 528 g/mol. The quantitative estimate of drug-likeness (QED) is 0.233. The van der Waals surface area contributed by atoms with E-state index in [0.717, 1.165) is 18.1 Å². The summed E-state index contributed by atoms with van der Waals surface area (Å²) < 4.78 is 0. The number of rotatable bonds is 6. The molecule has 3 aliphatic rings. The highest BCUT2D eigenvalue weighted by Gasteiger charge is 2.49. The van der Waals surface area contributed by atoms with E-state index in [2.05, 4.69) is 147 Å². The third-order valence-electron chi connectivity index (χ3n) is 9.99. The smallest absolute Gasteiger partial charge is 0.178 e. The van der Waals surface area contributed by atoms with Crippen LogP contribution in [-0.2, 0) is 12.1 Å². The van der Waals surface area contributed by atoms with E-state index in [1.807, 2.05) is 0 Å². The number of nitrogens with zero attached hydrogens (tertiary/aromatic N) is 6. The first-order valence-corrected chi connectivity index (χ1v) is 15.6. The number of fused-ring (bicyclic) bond motifs is 5. The Balaban J connectivity index is 1.34. The van der Waals surface area contributed by atoms with Crippen molar-refractivity contribution in [3.05, 3.63) is 119 Å². The molecule has 0 fully saturated rings. The van der Waals surface area contributed by atoms with Crippen LogP contribution in [0.3, 0.4) is 0 Å². The van der Waals surface area contributed by atoms with Crippen LogP contribution in [0, 0.1) is 0 Å². The van der Waals surface area contributed by atoms with Crippen LogP contribution in [0.4, 0.5) is 23.0 Å². The Bertz CT molecular complexity index is 1680. The Labute approximate surface area is 256 Å². The molecule has 4 heterocycles. The van der Waals surface area contributed by atoms with Gasteiger partial charge in [0.1, 0.15) is 11.8 Å². The molecule has 0 radical (unpaired) electrons. The van der Waals surface area contributed by atoms with Crippen LogP contribution in [-0.4, -0.2) is 35.1 Å². The van der Waals surface area contributed by atoms with Crippen molar-refractivity contribution in [2.45, 2.75) is 70.6 Å². The molecular formula is C37H42N6. The fourth-order valence-electron chi connectivity index (χ4n) is 7.69. The molecule has 3 aromatic carbocycles. The van der Waals surface area contributed by atoms with Gasteiger partial charge in [-0.05, 0) is 53.5 Å². The molecule has 7 rings (SSSR count). The molecule has 6 nitrogen and oxygen atoms in total. The van der Waals surface area contributed by atoms with E-state index in [1.165, 1.54) is 39.2 Å². The number of anilines is 4. The van der Waals surface area contributed by atoms with Gasteiger partial charge in [0.25, 0.3) is 0 Å². The number of aromatic nitrogens is 2. The lowest BCUT2D eigenvalue weighted by Gasteiger charge is -2.45. The molecule has 3 aliphatic heterocycles. The van der Waals surface area contributed by atoms with E-state index in [-0.39, 0.29) is 12.1 Å². The fraction of sp³-hybridized carbons (Fsp3) is 0.351. The van der Waals surface area contributed by atoms with Gasteiger partial charge in [0.2, 0.25) is 0 Å². The van der Waals surface area contributed by atoms with Crippen molar-refractivity contribution >= 4 is 23.0 Å². The Morgan fingerprint density at radius 1 is 0.767 bits per heavy atom. The monoisotopic (exact) mass is 570 g/mol. The van der Waals surface area contributed by atoms with Gasteiger partial charge in [-0.3, -0.25) is 0 Å². The van der Waals surface area contributed by atoms with Gasteiger partial charge in [-0.2, -0.15) is 0 Å². The Morgan fingerprint density at radius 2 is 1.42 bits per heavy atom. The topological polar surface area (TPSA) is 38.7 Å². The number of hydrogen-bond donors (Lipinski definition) is 0. The summed E-state index contributed by atoms with van der Waals surface area (Å²) in [5.74, 6) is 2.97. The number of likely N-dealkylation sites (N-methyl/N-ethyl adjacent to an activating group) is 1. The van der Waals surface area contributed by atoms with Crippen molar-refractivity contribution in [3.8, 4) is 0 Å². The molecule has 0 spiro atoms. The van der Waals surface area contributed by atoms with Gasteiger partial charge in [-0.1, -0.05) is 88.4 Å². The van der Waals surface area contributed by atoms with E-state index in [9.17, 15) is 0 Å². The van der Waals surface area contributed by atoms with Crippen LogP contribution in [0.1, 0.15) is 80.2 Å². The van der Waals surface area contributed by atoms with Crippen LogP contribution >= 0.6 is 0 Å². The van der Waals surface area contributed by atoms with E-state index in [0.29, 0.717) is 11.8 Å². The van der Waals surface area contributed by atoms with Gasteiger partial charge >= 0.3 is 0 Å². The van der Waals surface area contributed by atoms with E-state index in [4.69, 9.17) is 9.97 Å². The predicted molar refractivity (Wildman–Crippen MR) is 177 cm³/mol. The zero-order valence-corrected chi connectivity index (χ0v) is 26.4. The highest BCUT2D eigenvalue weighted by atomic mass is 15.5. The van der Waals surface area contributed by atoms with Gasteiger partial charge in [0.15, 0.2) is 11.6 Å². The Hall–Kier alpha value is -4.32. The molecule has 6 heteroatoms. The summed E-state index contributed by atoms with van der Waals surface area (Å²) in [7, 11) is 4.38. The highest BCUT2D eigenvalue weighted by molar-refractivity contribution is 5.83. The molecule has 0 bridgehead atoms. The zero-order chi connectivity index (χ0) is 30.0. The lowest BCUT2D eigenvalue weighted by Crippen LogP contribution is -2.48. The summed E-state index contributed by atoms with van der Waals surface area (Å²) in [4.78, 5) is 19.1. The van der Waals surface area contributed by atoms with Crippen molar-refractivity contribution in [3.63, 3.8) is 0 Å². The minimum atomic E-state index is -0.392. The Morgan fingerprint density at radius 3 is 2.14 bits per heavy atom. The maximum Gasteiger partial charge on any atom is 0.178 e. The molecule has 1 aromatic heterocycles. The second-order valence-corrected chi connectivity index (χ2v) is 13.0. The van der Waals surface area contributed by atoms with Gasteiger partial charge in [-0.15, -0.1) is 0 Å². The van der Waals surface area contributed by atoms with Gasteiger partial charge in [-0.25, -0.2) is 9.97 Å². The summed E-state index contributed by atoms with van der Waals surface area (Å²) >= 11 is 0. The molecule has 3 atom stereocenters. The van der Waals surface area contributed by atoms with E-state index in [1.54, 1.807) is 12.4 Å². The average Bonchev–Trinajstić information content (AvgIpc) is 3.61. The fourth-order valence-corrected chi connectivity index (χ4v) is 7.69. The van der Waals surface area contributed by atoms with Crippen LogP contribution in [0.25, 0.3) is 0 Å². The maximum atomic E-state index is 4.78. The average molecular weight is 571 g/mol. The third-order valence-corrected chi connectivity index (χ3v) is 9.99. The minimum absolute atomic E-state index is 0.125. The summed E-state index contributed by atoms with van der Waals surface area (Å²) in [5.41, 5.74) is 9.04. The first-order valence-electron chi connectivity index (χ1n) is 15.6. The minimum Gasteiger partial charge on any atom is -0.353 e. The summed E-state index contributed by atoms with van der Waals surface area (Å²) in [6, 6.07) is 24.8. The van der Waals surface area contributed by atoms with Crippen LogP contribution in [0.5, 0.6) is 0 Å². The normalized spacial score (nSPS) is 22.2. The summed E-state index contributed by atoms with van der Waals surface area (Å²) in [6.07, 6.45) is 9.16. The highest BCUT2D eigenvalue weighted by Crippen LogP contribution is 2.54. The predicted octanol–water partition coefficient (Wildman–Crippen LogP) is 8.07. The maximum absolute atomic E-state index is 4.78. The molecule has 2 unspecified atom stereocenters. The van der Waals surface area contributed by atoms with Crippen molar-refractivity contribution in [2.24, 2.45) is 0 Å². The lowest BCUT2D eigenvalue weighted by molar-refractivity contribution is 0.228. The molecule has 0 amide bonds. The van der Waals surface area contributed by atoms with Gasteiger partial charge in [0.05, 0.1) is 5.69 Å². The molecule has 43 heavy (non-hydrogen) atoms. The van der Waals surface area contributed by atoms with Crippen LogP contribution < -0.4 is 14.7 Å². The number of benzene rings is 3. The molecule has 0 saturated carbocycles. The van der Waals surface area contributed by atoms with Crippen molar-refractivity contribution in [1.29, 1.82) is 0 Å². The van der Waals surface area contributed by atoms with Gasteiger partial charge in [0, 0.05) is 56.1 Å². The second-order valence-electron chi connectivity index (χ2n) is 13.0. The van der Waals surface area contributed by atoms with Crippen molar-refractivity contribution < 1.29 is 0 Å². The molecule has 4 aromatic rings. The van der Waals surface area contributed by atoms with Crippen molar-refractivity contribution in [1.82, 2.24) is 14.9 Å². The van der Waals surface area contributed by atoms with E-state index >= 15 is 0 Å². The third kappa shape index (κ3) is 3.99. The van der Waals surface area contributed by atoms with Crippen LogP contribution in [0.15, 0.2) is 91.5 Å². The number of hydrogen-bond acceptors (Lipinski definition) is 6. The molecule has 0 saturated heterocycles. The summed E-state index contributed by atoms with van der Waals surface area (Å²) in [6.45, 7) is 11.6. The second kappa shape index (κ2) is 10.1. The van der Waals surface area contributed by atoms with Gasteiger partial charge < -0.3 is 19.6 Å². The zero-order valence-electron chi connectivity index (χ0n) is 26.4. The van der Waals surface area contributed by atoms with E-state index < -0.39 is 5.66 Å².